The van der Waals surface area contributed by atoms with Crippen LogP contribution < -0.4 is 9.47 Å². The minimum atomic E-state index is 0.157. The molecule has 0 spiro atoms. The smallest absolute Gasteiger partial charge is 0.227 e. The molecule has 7 nitrogen and oxygen atoms in total. The number of benzene rings is 1. The Morgan fingerprint density at radius 2 is 1.81 bits per heavy atom. The van der Waals surface area contributed by atoms with E-state index < -0.39 is 0 Å². The molecular formula is C19H24N4O3. The van der Waals surface area contributed by atoms with Crippen molar-refractivity contribution < 1.29 is 14.3 Å². The van der Waals surface area contributed by atoms with Crippen molar-refractivity contribution in [1.82, 2.24) is 19.7 Å². The second-order valence-electron chi connectivity index (χ2n) is 7.06. The Morgan fingerprint density at radius 3 is 2.50 bits per heavy atom. The van der Waals surface area contributed by atoms with Crippen molar-refractivity contribution in [2.75, 3.05) is 14.2 Å². The maximum absolute atomic E-state index is 13.1. The quantitative estimate of drug-likeness (QED) is 0.835. The molecule has 0 saturated carbocycles. The highest BCUT2D eigenvalue weighted by atomic mass is 16.5. The summed E-state index contributed by atoms with van der Waals surface area (Å²) in [7, 11) is 3.24. The van der Waals surface area contributed by atoms with Crippen molar-refractivity contribution in [3.63, 3.8) is 0 Å². The normalized spacial score (nSPS) is 21.3. The summed E-state index contributed by atoms with van der Waals surface area (Å²) in [6, 6.07) is 6.05. The fourth-order valence-electron chi connectivity index (χ4n) is 4.22. The van der Waals surface area contributed by atoms with Gasteiger partial charge in [0.25, 0.3) is 0 Å². The number of methoxy groups -OCH3 is 2. The first-order chi connectivity index (χ1) is 12.6. The van der Waals surface area contributed by atoms with Crippen molar-refractivity contribution in [3.8, 4) is 11.5 Å². The molecule has 26 heavy (non-hydrogen) atoms. The lowest BCUT2D eigenvalue weighted by atomic mass is 10.1. The first kappa shape index (κ1) is 16.9. The van der Waals surface area contributed by atoms with Gasteiger partial charge in [-0.1, -0.05) is 0 Å². The van der Waals surface area contributed by atoms with Crippen molar-refractivity contribution in [3.05, 3.63) is 35.4 Å². The molecule has 0 radical (unpaired) electrons. The lowest BCUT2D eigenvalue weighted by Gasteiger charge is -2.28. The summed E-state index contributed by atoms with van der Waals surface area (Å²) in [6.45, 7) is 2.77. The van der Waals surface area contributed by atoms with Gasteiger partial charge in [0.05, 0.1) is 26.7 Å². The SMILES string of the molecule is COc1cc(CC(=O)N2C3CCC2Cn2c(C)nnc2C3)cc(OC)c1. The third-order valence-electron chi connectivity index (χ3n) is 5.50. The molecule has 2 atom stereocenters. The van der Waals surface area contributed by atoms with E-state index in [9.17, 15) is 4.79 Å². The molecule has 1 fully saturated rings. The topological polar surface area (TPSA) is 69.5 Å². The number of ether oxygens (including phenoxy) is 2. The molecule has 2 bridgehead atoms. The average Bonchev–Trinajstić information content (AvgIpc) is 3.13. The summed E-state index contributed by atoms with van der Waals surface area (Å²) in [5.74, 6) is 3.48. The number of hydrogen-bond acceptors (Lipinski definition) is 5. The molecule has 1 saturated heterocycles. The molecular weight excluding hydrogens is 332 g/mol. The molecule has 0 N–H and O–H groups in total. The number of rotatable bonds is 4. The maximum atomic E-state index is 13.1. The third-order valence-corrected chi connectivity index (χ3v) is 5.50. The predicted molar refractivity (Wildman–Crippen MR) is 95.4 cm³/mol. The third kappa shape index (κ3) is 2.91. The summed E-state index contributed by atoms with van der Waals surface area (Å²) in [5.41, 5.74) is 0.908. The standard InChI is InChI=1S/C19H24N4O3/c1-12-20-21-18-9-14-4-5-15(11-22(12)18)23(14)19(24)8-13-6-16(25-2)10-17(7-13)26-3/h6-7,10,14-15H,4-5,8-9,11H2,1-3H3. The van der Waals surface area contributed by atoms with Gasteiger partial charge in [-0.05, 0) is 37.5 Å². The van der Waals surface area contributed by atoms with Crippen LogP contribution in [0.15, 0.2) is 18.2 Å². The van der Waals surface area contributed by atoms with E-state index in [0.29, 0.717) is 17.9 Å². The summed E-state index contributed by atoms with van der Waals surface area (Å²) in [5, 5.41) is 8.49. The molecule has 2 aliphatic heterocycles. The van der Waals surface area contributed by atoms with Crippen molar-refractivity contribution >= 4 is 5.91 Å². The number of amides is 1. The van der Waals surface area contributed by atoms with Crippen molar-refractivity contribution in [2.24, 2.45) is 0 Å². The van der Waals surface area contributed by atoms with E-state index >= 15 is 0 Å². The van der Waals surface area contributed by atoms with Gasteiger partial charge in [0, 0.05) is 25.1 Å². The van der Waals surface area contributed by atoms with Crippen LogP contribution in [0.4, 0.5) is 0 Å². The zero-order valence-corrected chi connectivity index (χ0v) is 15.4. The van der Waals surface area contributed by atoms with E-state index in [1.165, 1.54) is 0 Å². The van der Waals surface area contributed by atoms with Crippen LogP contribution in [-0.4, -0.2) is 51.9 Å². The zero-order chi connectivity index (χ0) is 18.3. The van der Waals surface area contributed by atoms with Gasteiger partial charge < -0.3 is 18.9 Å². The predicted octanol–water partition coefficient (Wildman–Crippen LogP) is 1.76. The summed E-state index contributed by atoms with van der Waals surface area (Å²) in [6.07, 6.45) is 3.20. The molecule has 1 aromatic heterocycles. The van der Waals surface area contributed by atoms with Crippen LogP contribution in [0, 0.1) is 6.92 Å². The van der Waals surface area contributed by atoms with Gasteiger partial charge in [-0.15, -0.1) is 10.2 Å². The Balaban J connectivity index is 1.56. The van der Waals surface area contributed by atoms with Crippen molar-refractivity contribution in [2.45, 2.75) is 51.2 Å². The molecule has 1 amide bonds. The fraction of sp³-hybridized carbons (Fsp3) is 0.526. The molecule has 138 valence electrons. The minimum Gasteiger partial charge on any atom is -0.497 e. The average molecular weight is 356 g/mol. The van der Waals surface area contributed by atoms with Gasteiger partial charge in [0.15, 0.2) is 0 Å². The molecule has 4 rings (SSSR count). The monoisotopic (exact) mass is 356 g/mol. The van der Waals surface area contributed by atoms with Gasteiger partial charge in [-0.3, -0.25) is 4.79 Å². The van der Waals surface area contributed by atoms with Crippen LogP contribution in [-0.2, 0) is 24.2 Å². The molecule has 0 aliphatic carbocycles. The summed E-state index contributed by atoms with van der Waals surface area (Å²) >= 11 is 0. The number of fused-ring (bicyclic) bond motifs is 3. The number of aromatic nitrogens is 3. The number of carbonyl (C=O) groups is 1. The van der Waals surface area contributed by atoms with E-state index in [4.69, 9.17) is 9.47 Å². The fourth-order valence-corrected chi connectivity index (χ4v) is 4.22. The molecule has 3 heterocycles. The Kier molecular flexibility index (Phi) is 4.30. The lowest BCUT2D eigenvalue weighted by Crippen LogP contribution is -2.43. The number of nitrogens with zero attached hydrogens (tertiary/aromatic N) is 4. The zero-order valence-electron chi connectivity index (χ0n) is 15.4. The highest BCUT2D eigenvalue weighted by Gasteiger charge is 2.40. The Labute approximate surface area is 152 Å². The Hall–Kier alpha value is -2.57. The van der Waals surface area contributed by atoms with Gasteiger partial charge in [-0.25, -0.2) is 0 Å². The first-order valence-corrected chi connectivity index (χ1v) is 9.01. The highest BCUT2D eigenvalue weighted by molar-refractivity contribution is 5.80. The van der Waals surface area contributed by atoms with Crippen molar-refractivity contribution in [1.29, 1.82) is 0 Å². The van der Waals surface area contributed by atoms with E-state index in [1.54, 1.807) is 14.2 Å². The van der Waals surface area contributed by atoms with E-state index in [0.717, 1.165) is 43.0 Å². The molecule has 7 heteroatoms. The van der Waals surface area contributed by atoms with Gasteiger partial charge in [0.2, 0.25) is 5.91 Å². The van der Waals surface area contributed by atoms with Crippen LogP contribution in [0.5, 0.6) is 11.5 Å². The first-order valence-electron chi connectivity index (χ1n) is 9.01. The number of aryl methyl sites for hydroxylation is 1. The highest BCUT2D eigenvalue weighted by Crippen LogP contribution is 2.32. The molecule has 2 aromatic rings. The number of carbonyl (C=O) groups excluding carboxylic acids is 1. The molecule has 1 aromatic carbocycles. The van der Waals surface area contributed by atoms with E-state index in [2.05, 4.69) is 19.7 Å². The van der Waals surface area contributed by atoms with E-state index in [1.807, 2.05) is 25.1 Å². The molecule has 2 aliphatic rings. The second-order valence-corrected chi connectivity index (χ2v) is 7.06. The van der Waals surface area contributed by atoms with E-state index in [-0.39, 0.29) is 18.0 Å². The van der Waals surface area contributed by atoms with Gasteiger partial charge in [-0.2, -0.15) is 0 Å². The van der Waals surface area contributed by atoms with Crippen LogP contribution in [0.25, 0.3) is 0 Å². The van der Waals surface area contributed by atoms with Gasteiger partial charge in [0.1, 0.15) is 23.1 Å². The van der Waals surface area contributed by atoms with Crippen LogP contribution >= 0.6 is 0 Å². The molecule has 2 unspecified atom stereocenters. The summed E-state index contributed by atoms with van der Waals surface area (Å²) in [4.78, 5) is 15.2. The lowest BCUT2D eigenvalue weighted by molar-refractivity contribution is -0.133. The summed E-state index contributed by atoms with van der Waals surface area (Å²) < 4.78 is 12.8. The maximum Gasteiger partial charge on any atom is 0.227 e. The Bertz CT molecular complexity index is 810. The van der Waals surface area contributed by atoms with Crippen LogP contribution in [0.1, 0.15) is 30.1 Å². The van der Waals surface area contributed by atoms with Crippen LogP contribution in [0.2, 0.25) is 0 Å². The van der Waals surface area contributed by atoms with Crippen LogP contribution in [0.3, 0.4) is 0 Å². The minimum absolute atomic E-state index is 0.157. The van der Waals surface area contributed by atoms with Gasteiger partial charge >= 0.3 is 0 Å². The number of hydrogen-bond donors (Lipinski definition) is 0. The largest absolute Gasteiger partial charge is 0.497 e. The second kappa shape index (κ2) is 6.63. The Morgan fingerprint density at radius 1 is 1.12 bits per heavy atom.